The fourth-order valence-electron chi connectivity index (χ4n) is 2.03. The molecule has 1 heterocycles. The first-order chi connectivity index (χ1) is 10.7. The highest BCUT2D eigenvalue weighted by atomic mass is 16.2. The Morgan fingerprint density at radius 1 is 1.27 bits per heavy atom. The lowest BCUT2D eigenvalue weighted by molar-refractivity contribution is 0.207. The SMILES string of the molecule is CN(Cc1ccc(C#N)cc1)C(=O)NCCc1cccnc1. The summed E-state index contributed by atoms with van der Waals surface area (Å²) in [6.07, 6.45) is 4.28. The van der Waals surface area contributed by atoms with E-state index >= 15 is 0 Å². The lowest BCUT2D eigenvalue weighted by Gasteiger charge is -2.18. The van der Waals surface area contributed by atoms with Crippen molar-refractivity contribution >= 4 is 6.03 Å². The third-order valence-corrected chi connectivity index (χ3v) is 3.26. The highest BCUT2D eigenvalue weighted by molar-refractivity contribution is 5.73. The standard InChI is InChI=1S/C17H18N4O/c1-21(13-16-6-4-14(11-18)5-7-16)17(22)20-10-8-15-3-2-9-19-12-15/h2-7,9,12H,8,10,13H2,1H3,(H,20,22). The van der Waals surface area contributed by atoms with Crippen molar-refractivity contribution in [2.75, 3.05) is 13.6 Å². The van der Waals surface area contributed by atoms with Gasteiger partial charge in [-0.1, -0.05) is 18.2 Å². The number of nitrogens with zero attached hydrogens (tertiary/aromatic N) is 3. The topological polar surface area (TPSA) is 69.0 Å². The highest BCUT2D eigenvalue weighted by Crippen LogP contribution is 2.06. The second-order valence-electron chi connectivity index (χ2n) is 5.01. The summed E-state index contributed by atoms with van der Waals surface area (Å²) in [4.78, 5) is 17.7. The van der Waals surface area contributed by atoms with Crippen molar-refractivity contribution in [1.82, 2.24) is 15.2 Å². The maximum absolute atomic E-state index is 12.0. The normalized spacial score (nSPS) is 9.82. The van der Waals surface area contributed by atoms with Crippen molar-refractivity contribution in [3.05, 3.63) is 65.5 Å². The van der Waals surface area contributed by atoms with E-state index < -0.39 is 0 Å². The van der Waals surface area contributed by atoms with Crippen LogP contribution < -0.4 is 5.32 Å². The van der Waals surface area contributed by atoms with Gasteiger partial charge in [0.15, 0.2) is 0 Å². The van der Waals surface area contributed by atoms with Gasteiger partial charge in [-0.05, 0) is 35.7 Å². The number of aromatic nitrogens is 1. The number of hydrogen-bond donors (Lipinski definition) is 1. The zero-order valence-corrected chi connectivity index (χ0v) is 12.5. The number of hydrogen-bond acceptors (Lipinski definition) is 3. The number of amides is 2. The number of nitriles is 1. The molecule has 1 aromatic heterocycles. The molecule has 112 valence electrons. The number of rotatable bonds is 5. The minimum absolute atomic E-state index is 0.117. The predicted molar refractivity (Wildman–Crippen MR) is 84.0 cm³/mol. The molecule has 2 amide bonds. The molecule has 2 rings (SSSR count). The zero-order valence-electron chi connectivity index (χ0n) is 12.5. The van der Waals surface area contributed by atoms with Crippen molar-refractivity contribution in [3.63, 3.8) is 0 Å². The van der Waals surface area contributed by atoms with E-state index in [1.165, 1.54) is 0 Å². The van der Waals surface area contributed by atoms with E-state index in [2.05, 4.69) is 16.4 Å². The first kappa shape index (κ1) is 15.5. The summed E-state index contributed by atoms with van der Waals surface area (Å²) in [7, 11) is 1.75. The molecule has 0 atom stereocenters. The van der Waals surface area contributed by atoms with Crippen LogP contribution in [0.15, 0.2) is 48.8 Å². The van der Waals surface area contributed by atoms with E-state index in [0.717, 1.165) is 17.5 Å². The Kier molecular flexibility index (Phi) is 5.50. The summed E-state index contributed by atoms with van der Waals surface area (Å²) in [6, 6.07) is 13.1. The summed E-state index contributed by atoms with van der Waals surface area (Å²) in [6.45, 7) is 1.08. The number of carbonyl (C=O) groups excluding carboxylic acids is 1. The Morgan fingerprint density at radius 2 is 2.05 bits per heavy atom. The van der Waals surface area contributed by atoms with Crippen LogP contribution >= 0.6 is 0 Å². The first-order valence-electron chi connectivity index (χ1n) is 7.06. The quantitative estimate of drug-likeness (QED) is 0.920. The maximum atomic E-state index is 12.0. The Hall–Kier alpha value is -2.87. The second kappa shape index (κ2) is 7.79. The van der Waals surface area contributed by atoms with Gasteiger partial charge in [-0.15, -0.1) is 0 Å². The van der Waals surface area contributed by atoms with Crippen LogP contribution in [0.4, 0.5) is 4.79 Å². The monoisotopic (exact) mass is 294 g/mol. The molecule has 0 aliphatic carbocycles. The smallest absolute Gasteiger partial charge is 0.317 e. The van der Waals surface area contributed by atoms with Gasteiger partial charge in [-0.25, -0.2) is 4.79 Å². The molecule has 0 fully saturated rings. The fraction of sp³-hybridized carbons (Fsp3) is 0.235. The molecule has 0 aliphatic rings. The largest absolute Gasteiger partial charge is 0.338 e. The van der Waals surface area contributed by atoms with Crippen molar-refractivity contribution in [1.29, 1.82) is 5.26 Å². The summed E-state index contributed by atoms with van der Waals surface area (Å²) >= 11 is 0. The van der Waals surface area contributed by atoms with Crippen LogP contribution in [0.3, 0.4) is 0 Å². The van der Waals surface area contributed by atoms with Crippen LogP contribution in [0.5, 0.6) is 0 Å². The lowest BCUT2D eigenvalue weighted by atomic mass is 10.1. The molecule has 5 nitrogen and oxygen atoms in total. The average Bonchev–Trinajstić information content (AvgIpc) is 2.56. The second-order valence-corrected chi connectivity index (χ2v) is 5.01. The molecule has 0 saturated carbocycles. The van der Waals surface area contributed by atoms with Gasteiger partial charge in [-0.2, -0.15) is 5.26 Å². The van der Waals surface area contributed by atoms with Crippen LogP contribution in [0.2, 0.25) is 0 Å². The number of benzene rings is 1. The molecule has 0 aliphatic heterocycles. The summed E-state index contributed by atoms with van der Waals surface area (Å²) < 4.78 is 0. The van der Waals surface area contributed by atoms with E-state index in [9.17, 15) is 4.79 Å². The number of urea groups is 1. The van der Waals surface area contributed by atoms with Crippen molar-refractivity contribution in [3.8, 4) is 6.07 Å². The molecule has 0 spiro atoms. The summed E-state index contributed by atoms with van der Waals surface area (Å²) in [5, 5.41) is 11.6. The molecule has 2 aromatic rings. The molecule has 0 radical (unpaired) electrons. The molecular weight excluding hydrogens is 276 g/mol. The first-order valence-corrected chi connectivity index (χ1v) is 7.06. The van der Waals surface area contributed by atoms with Crippen LogP contribution in [-0.4, -0.2) is 29.5 Å². The van der Waals surface area contributed by atoms with Gasteiger partial charge < -0.3 is 10.2 Å². The van der Waals surface area contributed by atoms with Gasteiger partial charge in [0.05, 0.1) is 11.6 Å². The van der Waals surface area contributed by atoms with E-state index in [1.807, 2.05) is 24.3 Å². The van der Waals surface area contributed by atoms with Gasteiger partial charge >= 0.3 is 6.03 Å². The van der Waals surface area contributed by atoms with Gasteiger partial charge in [0.25, 0.3) is 0 Å². The van der Waals surface area contributed by atoms with Crippen LogP contribution in [0.25, 0.3) is 0 Å². The van der Waals surface area contributed by atoms with E-state index in [1.54, 1.807) is 36.5 Å². The Bertz CT molecular complexity index is 647. The molecular formula is C17H18N4O. The van der Waals surface area contributed by atoms with E-state index in [-0.39, 0.29) is 6.03 Å². The van der Waals surface area contributed by atoms with Gasteiger partial charge in [0, 0.05) is 32.5 Å². The Morgan fingerprint density at radius 3 is 2.68 bits per heavy atom. The molecule has 0 bridgehead atoms. The van der Waals surface area contributed by atoms with Crippen LogP contribution in [0, 0.1) is 11.3 Å². The molecule has 22 heavy (non-hydrogen) atoms. The molecule has 5 heteroatoms. The maximum Gasteiger partial charge on any atom is 0.317 e. The third-order valence-electron chi connectivity index (χ3n) is 3.26. The van der Waals surface area contributed by atoms with Crippen molar-refractivity contribution < 1.29 is 4.79 Å². The highest BCUT2D eigenvalue weighted by Gasteiger charge is 2.08. The summed E-state index contributed by atoms with van der Waals surface area (Å²) in [5.74, 6) is 0. The van der Waals surface area contributed by atoms with Gasteiger partial charge in [-0.3, -0.25) is 4.98 Å². The Labute approximate surface area is 130 Å². The fourth-order valence-corrected chi connectivity index (χ4v) is 2.03. The van der Waals surface area contributed by atoms with E-state index in [0.29, 0.717) is 18.7 Å². The number of pyridine rings is 1. The van der Waals surface area contributed by atoms with Gasteiger partial charge in [0.2, 0.25) is 0 Å². The van der Waals surface area contributed by atoms with Crippen LogP contribution in [-0.2, 0) is 13.0 Å². The molecule has 0 saturated heterocycles. The number of carbonyl (C=O) groups is 1. The number of nitrogens with one attached hydrogen (secondary N) is 1. The minimum Gasteiger partial charge on any atom is -0.338 e. The Balaban J connectivity index is 1.78. The van der Waals surface area contributed by atoms with E-state index in [4.69, 9.17) is 5.26 Å². The van der Waals surface area contributed by atoms with Crippen molar-refractivity contribution in [2.45, 2.75) is 13.0 Å². The van der Waals surface area contributed by atoms with Gasteiger partial charge in [0.1, 0.15) is 0 Å². The van der Waals surface area contributed by atoms with Crippen molar-refractivity contribution in [2.24, 2.45) is 0 Å². The molecule has 1 aromatic carbocycles. The van der Waals surface area contributed by atoms with Crippen LogP contribution in [0.1, 0.15) is 16.7 Å². The predicted octanol–water partition coefficient (Wildman–Crippen LogP) is 2.34. The summed E-state index contributed by atoms with van der Waals surface area (Å²) in [5.41, 5.74) is 2.70. The zero-order chi connectivity index (χ0) is 15.8. The third kappa shape index (κ3) is 4.60. The molecule has 1 N–H and O–H groups in total. The average molecular weight is 294 g/mol. The lowest BCUT2D eigenvalue weighted by Crippen LogP contribution is -2.37. The molecule has 0 unspecified atom stereocenters. The minimum atomic E-state index is -0.117.